The molecule has 17 heavy (non-hydrogen) atoms. The van der Waals surface area contributed by atoms with Gasteiger partial charge in [-0.1, -0.05) is 6.08 Å². The van der Waals surface area contributed by atoms with Crippen LogP contribution in [-0.2, 0) is 4.74 Å². The van der Waals surface area contributed by atoms with Gasteiger partial charge in [0.25, 0.3) is 0 Å². The van der Waals surface area contributed by atoms with Gasteiger partial charge >= 0.3 is 0 Å². The molecule has 0 saturated carbocycles. The molecule has 0 radical (unpaired) electrons. The van der Waals surface area contributed by atoms with Crippen molar-refractivity contribution in [1.82, 2.24) is 0 Å². The lowest BCUT2D eigenvalue weighted by atomic mass is 9.93. The van der Waals surface area contributed by atoms with E-state index in [0.29, 0.717) is 5.92 Å². The molecule has 0 aromatic rings. The molecule has 0 fully saturated rings. The van der Waals surface area contributed by atoms with Crippen LogP contribution in [-0.4, -0.2) is 19.0 Å². The minimum atomic E-state index is 0.647. The monoisotopic (exact) mass is 236 g/mol. The smallest absolute Gasteiger partial charge is 0.186 e. The molecular weight excluding hydrogens is 212 g/mol. The fraction of sp³-hybridized carbons (Fsp3) is 0.643. The summed E-state index contributed by atoms with van der Waals surface area (Å²) in [4.78, 5) is 4.19. The van der Waals surface area contributed by atoms with Gasteiger partial charge in [-0.05, 0) is 44.2 Å². The molecule has 96 valence electrons. The number of hydrogen-bond acceptors (Lipinski definition) is 3. The molecule has 1 aliphatic heterocycles. The van der Waals surface area contributed by atoms with E-state index in [1.807, 2.05) is 13.0 Å². The van der Waals surface area contributed by atoms with Crippen molar-refractivity contribution in [3.8, 4) is 0 Å². The van der Waals surface area contributed by atoms with Crippen molar-refractivity contribution in [3.63, 3.8) is 0 Å². The Kier molecular flexibility index (Phi) is 6.63. The lowest BCUT2D eigenvalue weighted by molar-refractivity contribution is 0.325. The Morgan fingerprint density at radius 1 is 1.59 bits per heavy atom. The zero-order chi connectivity index (χ0) is 12.5. The molecule has 1 heterocycles. The fourth-order valence-electron chi connectivity index (χ4n) is 2.06. The third-order valence-electron chi connectivity index (χ3n) is 3.00. The standard InChI is InChI=1S/C14H24N2O/c1-3-4-6-13(7-5-9-15)11-14-8-10-16-12(2)17-14/h3,8,13H,1,4-7,9-11,15H2,2H3. The summed E-state index contributed by atoms with van der Waals surface area (Å²) < 4.78 is 5.63. The first-order chi connectivity index (χ1) is 8.26. The predicted molar refractivity (Wildman–Crippen MR) is 73.0 cm³/mol. The molecule has 3 heteroatoms. The van der Waals surface area contributed by atoms with Gasteiger partial charge in [-0.25, -0.2) is 0 Å². The summed E-state index contributed by atoms with van der Waals surface area (Å²) in [6, 6.07) is 0. The zero-order valence-corrected chi connectivity index (χ0v) is 10.8. The molecule has 1 unspecified atom stereocenters. The summed E-state index contributed by atoms with van der Waals surface area (Å²) in [5, 5.41) is 0. The van der Waals surface area contributed by atoms with E-state index in [4.69, 9.17) is 10.5 Å². The van der Waals surface area contributed by atoms with Crippen LogP contribution in [0.5, 0.6) is 0 Å². The number of allylic oxidation sites excluding steroid dienone is 2. The summed E-state index contributed by atoms with van der Waals surface area (Å²) in [6.45, 7) is 7.22. The van der Waals surface area contributed by atoms with Gasteiger partial charge in [0, 0.05) is 13.3 Å². The average molecular weight is 236 g/mol. The number of hydrogen-bond donors (Lipinski definition) is 1. The number of nitrogens with two attached hydrogens (primary N) is 1. The number of nitrogens with zero attached hydrogens (tertiary/aromatic N) is 1. The van der Waals surface area contributed by atoms with E-state index >= 15 is 0 Å². The second kappa shape index (κ2) is 8.07. The van der Waals surface area contributed by atoms with Gasteiger partial charge in [0.2, 0.25) is 0 Å². The van der Waals surface area contributed by atoms with Crippen LogP contribution >= 0.6 is 0 Å². The van der Waals surface area contributed by atoms with Crippen LogP contribution < -0.4 is 5.73 Å². The molecule has 0 amide bonds. The third kappa shape index (κ3) is 5.68. The van der Waals surface area contributed by atoms with Gasteiger partial charge in [-0.2, -0.15) is 0 Å². The van der Waals surface area contributed by atoms with Crippen LogP contribution in [0.2, 0.25) is 0 Å². The lowest BCUT2D eigenvalue weighted by Gasteiger charge is -2.20. The Morgan fingerprint density at radius 2 is 2.41 bits per heavy atom. The summed E-state index contributed by atoms with van der Waals surface area (Å²) >= 11 is 0. The fourth-order valence-corrected chi connectivity index (χ4v) is 2.06. The largest absolute Gasteiger partial charge is 0.448 e. The second-order valence-electron chi connectivity index (χ2n) is 4.50. The molecule has 0 saturated heterocycles. The van der Waals surface area contributed by atoms with Crippen molar-refractivity contribution in [2.24, 2.45) is 16.6 Å². The molecule has 1 atom stereocenters. The second-order valence-corrected chi connectivity index (χ2v) is 4.50. The highest BCUT2D eigenvalue weighted by Crippen LogP contribution is 2.24. The van der Waals surface area contributed by atoms with Crippen LogP contribution in [0, 0.1) is 5.92 Å². The summed E-state index contributed by atoms with van der Waals surface area (Å²) in [7, 11) is 0. The minimum Gasteiger partial charge on any atom is -0.448 e. The van der Waals surface area contributed by atoms with Crippen molar-refractivity contribution in [3.05, 3.63) is 24.5 Å². The quantitative estimate of drug-likeness (QED) is 0.658. The van der Waals surface area contributed by atoms with Crippen LogP contribution in [0.1, 0.15) is 39.0 Å². The maximum absolute atomic E-state index is 5.63. The first-order valence-electron chi connectivity index (χ1n) is 6.45. The Balaban J connectivity index is 2.41. The van der Waals surface area contributed by atoms with Crippen molar-refractivity contribution in [2.45, 2.75) is 39.0 Å². The molecule has 0 aliphatic carbocycles. The number of ether oxygens (including phenoxy) is 1. The number of aliphatic imine (C=N–C) groups is 1. The van der Waals surface area contributed by atoms with Crippen LogP contribution in [0.25, 0.3) is 0 Å². The highest BCUT2D eigenvalue weighted by molar-refractivity contribution is 5.75. The predicted octanol–water partition coefficient (Wildman–Crippen LogP) is 3.03. The van der Waals surface area contributed by atoms with Crippen LogP contribution in [0.15, 0.2) is 29.5 Å². The van der Waals surface area contributed by atoms with Crippen LogP contribution in [0.4, 0.5) is 0 Å². The van der Waals surface area contributed by atoms with Crippen LogP contribution in [0.3, 0.4) is 0 Å². The van der Waals surface area contributed by atoms with Crippen molar-refractivity contribution in [1.29, 1.82) is 0 Å². The summed E-state index contributed by atoms with van der Waals surface area (Å²) in [6.07, 6.45) is 9.55. The molecule has 1 rings (SSSR count). The van der Waals surface area contributed by atoms with Crippen molar-refractivity contribution in [2.75, 3.05) is 13.1 Å². The SMILES string of the molecule is C=CCCC(CCCN)CC1=CCN=C(C)O1. The molecule has 1 aliphatic rings. The Labute approximate surface area is 104 Å². The first kappa shape index (κ1) is 14.0. The summed E-state index contributed by atoms with van der Waals surface area (Å²) in [5.41, 5.74) is 5.58. The summed E-state index contributed by atoms with van der Waals surface area (Å²) in [5.74, 6) is 2.50. The van der Waals surface area contributed by atoms with Gasteiger partial charge < -0.3 is 10.5 Å². The highest BCUT2D eigenvalue weighted by Gasteiger charge is 2.13. The maximum Gasteiger partial charge on any atom is 0.186 e. The van der Waals surface area contributed by atoms with Gasteiger partial charge in [0.05, 0.1) is 6.54 Å². The third-order valence-corrected chi connectivity index (χ3v) is 3.00. The highest BCUT2D eigenvalue weighted by atomic mass is 16.5. The van der Waals surface area contributed by atoms with Crippen molar-refractivity contribution >= 4 is 5.90 Å². The maximum atomic E-state index is 5.63. The van der Waals surface area contributed by atoms with E-state index in [1.165, 1.54) is 12.8 Å². The van der Waals surface area contributed by atoms with Gasteiger partial charge in [-0.15, -0.1) is 6.58 Å². The van der Waals surface area contributed by atoms with E-state index in [1.54, 1.807) is 0 Å². The molecule has 0 aromatic heterocycles. The number of rotatable bonds is 8. The molecule has 0 bridgehead atoms. The van der Waals surface area contributed by atoms with E-state index in [-0.39, 0.29) is 0 Å². The zero-order valence-electron chi connectivity index (χ0n) is 10.8. The molecule has 0 spiro atoms. The Bertz CT molecular complexity index is 295. The van der Waals surface area contributed by atoms with E-state index in [0.717, 1.165) is 44.0 Å². The van der Waals surface area contributed by atoms with Gasteiger partial charge in [0.1, 0.15) is 5.76 Å². The Morgan fingerprint density at radius 3 is 3.06 bits per heavy atom. The molecule has 3 nitrogen and oxygen atoms in total. The van der Waals surface area contributed by atoms with Crippen molar-refractivity contribution < 1.29 is 4.74 Å². The molecule has 0 aromatic carbocycles. The minimum absolute atomic E-state index is 0.647. The molecular formula is C14H24N2O. The van der Waals surface area contributed by atoms with E-state index < -0.39 is 0 Å². The van der Waals surface area contributed by atoms with E-state index in [2.05, 4.69) is 17.6 Å². The average Bonchev–Trinajstić information content (AvgIpc) is 2.32. The lowest BCUT2D eigenvalue weighted by Crippen LogP contribution is -2.12. The molecule has 2 N–H and O–H groups in total. The Hall–Kier alpha value is -1.09. The normalized spacial score (nSPS) is 16.8. The van der Waals surface area contributed by atoms with Gasteiger partial charge in [0.15, 0.2) is 5.90 Å². The topological polar surface area (TPSA) is 47.6 Å². The van der Waals surface area contributed by atoms with Gasteiger partial charge in [-0.3, -0.25) is 4.99 Å². The van der Waals surface area contributed by atoms with E-state index in [9.17, 15) is 0 Å². The first-order valence-corrected chi connectivity index (χ1v) is 6.45.